The number of aromatic nitrogens is 1. The molecule has 1 unspecified atom stereocenters. The summed E-state index contributed by atoms with van der Waals surface area (Å²) in [4.78, 5) is 4.03. The normalized spacial score (nSPS) is 26.7. The second kappa shape index (κ2) is 4.28. The number of hydrogen-bond donors (Lipinski definition) is 1. The molecule has 2 atom stereocenters. The van der Waals surface area contributed by atoms with Crippen molar-refractivity contribution < 1.29 is 5.11 Å². The van der Waals surface area contributed by atoms with E-state index in [1.54, 1.807) is 12.3 Å². The van der Waals surface area contributed by atoms with Crippen LogP contribution in [0.4, 0.5) is 0 Å². The van der Waals surface area contributed by atoms with Crippen LogP contribution in [-0.4, -0.2) is 16.2 Å². The summed E-state index contributed by atoms with van der Waals surface area (Å²) < 4.78 is 0. The van der Waals surface area contributed by atoms with Gasteiger partial charge in [0.2, 0.25) is 0 Å². The van der Waals surface area contributed by atoms with E-state index in [2.05, 4.69) is 4.98 Å². The molecular formula is C11H14ClNO. The number of aliphatic hydroxyl groups excluding tert-OH is 1. The minimum Gasteiger partial charge on any atom is -0.393 e. The van der Waals surface area contributed by atoms with E-state index in [4.69, 9.17) is 11.6 Å². The van der Waals surface area contributed by atoms with E-state index in [1.807, 2.05) is 6.07 Å². The van der Waals surface area contributed by atoms with Crippen LogP contribution in [0.2, 0.25) is 5.15 Å². The average Bonchev–Trinajstić information content (AvgIpc) is 2.56. The predicted octanol–water partition coefficient (Wildman–Crippen LogP) is 2.44. The molecule has 0 amide bonds. The van der Waals surface area contributed by atoms with E-state index in [0.717, 1.165) is 25.7 Å². The third-order valence-electron chi connectivity index (χ3n) is 2.91. The van der Waals surface area contributed by atoms with E-state index in [-0.39, 0.29) is 6.10 Å². The summed E-state index contributed by atoms with van der Waals surface area (Å²) in [5, 5.41) is 10.2. The van der Waals surface area contributed by atoms with E-state index in [1.165, 1.54) is 5.56 Å². The van der Waals surface area contributed by atoms with Gasteiger partial charge >= 0.3 is 0 Å². The highest BCUT2D eigenvalue weighted by Gasteiger charge is 2.25. The van der Waals surface area contributed by atoms with Crippen molar-refractivity contribution in [2.75, 3.05) is 0 Å². The molecule has 0 spiro atoms. The second-order valence-electron chi connectivity index (χ2n) is 3.95. The summed E-state index contributed by atoms with van der Waals surface area (Å²) in [6.45, 7) is 0. The molecule has 1 aromatic rings. The molecule has 1 heterocycles. The van der Waals surface area contributed by atoms with E-state index in [0.29, 0.717) is 11.1 Å². The standard InChI is InChI=1S/C11H14ClNO/c12-11-5-4-8(7-13-11)6-9-2-1-3-10(9)14/h4-5,7,9-10,14H,1-3,6H2/t9?,10-/m0/s1. The fraction of sp³-hybridized carbons (Fsp3) is 0.545. The molecule has 0 radical (unpaired) electrons. The zero-order valence-electron chi connectivity index (χ0n) is 7.99. The maximum atomic E-state index is 9.66. The van der Waals surface area contributed by atoms with Crippen LogP contribution < -0.4 is 0 Å². The smallest absolute Gasteiger partial charge is 0.129 e. The van der Waals surface area contributed by atoms with Gasteiger partial charge in [-0.05, 0) is 36.8 Å². The molecule has 0 aliphatic heterocycles. The largest absolute Gasteiger partial charge is 0.393 e. The number of pyridine rings is 1. The van der Waals surface area contributed by atoms with Crippen LogP contribution in [0.3, 0.4) is 0 Å². The summed E-state index contributed by atoms with van der Waals surface area (Å²) in [7, 11) is 0. The number of nitrogens with zero attached hydrogens (tertiary/aromatic N) is 1. The minimum atomic E-state index is -0.120. The van der Waals surface area contributed by atoms with E-state index >= 15 is 0 Å². The van der Waals surface area contributed by atoms with Crippen LogP contribution in [0, 0.1) is 5.92 Å². The molecule has 2 nitrogen and oxygen atoms in total. The van der Waals surface area contributed by atoms with Gasteiger partial charge in [0, 0.05) is 6.20 Å². The van der Waals surface area contributed by atoms with Gasteiger partial charge in [-0.3, -0.25) is 0 Å². The number of halogens is 1. The number of hydrogen-bond acceptors (Lipinski definition) is 2. The zero-order valence-corrected chi connectivity index (χ0v) is 8.74. The molecular weight excluding hydrogens is 198 g/mol. The molecule has 1 fully saturated rings. The van der Waals surface area contributed by atoms with Gasteiger partial charge in [-0.15, -0.1) is 0 Å². The molecule has 0 bridgehead atoms. The quantitative estimate of drug-likeness (QED) is 0.763. The fourth-order valence-electron chi connectivity index (χ4n) is 2.09. The molecule has 0 aromatic carbocycles. The maximum absolute atomic E-state index is 9.66. The Kier molecular flexibility index (Phi) is 3.04. The molecule has 1 aliphatic rings. The molecule has 2 rings (SSSR count). The highest BCUT2D eigenvalue weighted by Crippen LogP contribution is 2.28. The Balaban J connectivity index is 2.00. The Labute approximate surface area is 88.9 Å². The molecule has 76 valence electrons. The van der Waals surface area contributed by atoms with Crippen molar-refractivity contribution >= 4 is 11.6 Å². The van der Waals surface area contributed by atoms with Crippen molar-refractivity contribution in [3.8, 4) is 0 Å². The Morgan fingerprint density at radius 1 is 1.43 bits per heavy atom. The lowest BCUT2D eigenvalue weighted by Gasteiger charge is -2.13. The van der Waals surface area contributed by atoms with Crippen LogP contribution in [0.25, 0.3) is 0 Å². The molecule has 1 N–H and O–H groups in total. The summed E-state index contributed by atoms with van der Waals surface area (Å²) in [5.41, 5.74) is 1.17. The van der Waals surface area contributed by atoms with Crippen LogP contribution in [0.1, 0.15) is 24.8 Å². The Morgan fingerprint density at radius 3 is 2.86 bits per heavy atom. The monoisotopic (exact) mass is 211 g/mol. The second-order valence-corrected chi connectivity index (χ2v) is 4.34. The maximum Gasteiger partial charge on any atom is 0.129 e. The Morgan fingerprint density at radius 2 is 2.29 bits per heavy atom. The van der Waals surface area contributed by atoms with Gasteiger partial charge in [-0.2, -0.15) is 0 Å². The highest BCUT2D eigenvalue weighted by atomic mass is 35.5. The van der Waals surface area contributed by atoms with Crippen molar-refractivity contribution in [3.63, 3.8) is 0 Å². The van der Waals surface area contributed by atoms with Crippen molar-refractivity contribution in [2.45, 2.75) is 31.8 Å². The summed E-state index contributed by atoms with van der Waals surface area (Å²) in [6.07, 6.45) is 5.83. The first kappa shape index (κ1) is 9.94. The zero-order chi connectivity index (χ0) is 9.97. The van der Waals surface area contributed by atoms with Crippen molar-refractivity contribution in [3.05, 3.63) is 29.0 Å². The Bertz CT molecular complexity index is 299. The third kappa shape index (κ3) is 2.25. The van der Waals surface area contributed by atoms with Gasteiger partial charge in [-0.25, -0.2) is 4.98 Å². The number of aliphatic hydroxyl groups is 1. The Hall–Kier alpha value is -0.600. The summed E-state index contributed by atoms with van der Waals surface area (Å²) in [6, 6.07) is 3.79. The van der Waals surface area contributed by atoms with E-state index in [9.17, 15) is 5.11 Å². The van der Waals surface area contributed by atoms with Gasteiger partial charge in [0.05, 0.1) is 6.10 Å². The van der Waals surface area contributed by atoms with Crippen LogP contribution in [0.15, 0.2) is 18.3 Å². The van der Waals surface area contributed by atoms with Crippen molar-refractivity contribution in [1.82, 2.24) is 4.98 Å². The van der Waals surface area contributed by atoms with Crippen molar-refractivity contribution in [2.24, 2.45) is 5.92 Å². The van der Waals surface area contributed by atoms with Crippen LogP contribution >= 0.6 is 11.6 Å². The lowest BCUT2D eigenvalue weighted by Crippen LogP contribution is -2.15. The van der Waals surface area contributed by atoms with Crippen LogP contribution in [0.5, 0.6) is 0 Å². The van der Waals surface area contributed by atoms with Crippen molar-refractivity contribution in [1.29, 1.82) is 0 Å². The lowest BCUT2D eigenvalue weighted by molar-refractivity contribution is 0.132. The molecule has 1 saturated carbocycles. The molecule has 3 heteroatoms. The van der Waals surface area contributed by atoms with Gasteiger partial charge in [0.1, 0.15) is 5.15 Å². The summed E-state index contributed by atoms with van der Waals surface area (Å²) in [5.74, 6) is 0.415. The summed E-state index contributed by atoms with van der Waals surface area (Å²) >= 11 is 5.70. The number of rotatable bonds is 2. The van der Waals surface area contributed by atoms with Gasteiger partial charge in [0.25, 0.3) is 0 Å². The fourth-order valence-corrected chi connectivity index (χ4v) is 2.20. The van der Waals surface area contributed by atoms with Gasteiger partial charge < -0.3 is 5.11 Å². The predicted molar refractivity (Wildman–Crippen MR) is 56.3 cm³/mol. The van der Waals surface area contributed by atoms with E-state index < -0.39 is 0 Å². The molecule has 0 saturated heterocycles. The minimum absolute atomic E-state index is 0.120. The average molecular weight is 212 g/mol. The van der Waals surface area contributed by atoms with Gasteiger partial charge in [0.15, 0.2) is 0 Å². The van der Waals surface area contributed by atoms with Crippen LogP contribution in [-0.2, 0) is 6.42 Å². The molecule has 1 aliphatic carbocycles. The first-order chi connectivity index (χ1) is 6.75. The van der Waals surface area contributed by atoms with Gasteiger partial charge in [-0.1, -0.05) is 24.1 Å². The first-order valence-corrected chi connectivity index (χ1v) is 5.42. The lowest BCUT2D eigenvalue weighted by atomic mass is 9.97. The topological polar surface area (TPSA) is 33.1 Å². The SMILES string of the molecule is O[C@H]1CCCC1Cc1ccc(Cl)nc1. The molecule has 14 heavy (non-hydrogen) atoms. The molecule has 1 aromatic heterocycles. The third-order valence-corrected chi connectivity index (χ3v) is 3.13. The first-order valence-electron chi connectivity index (χ1n) is 5.04. The highest BCUT2D eigenvalue weighted by molar-refractivity contribution is 6.29.